The highest BCUT2D eigenvalue weighted by Gasteiger charge is 2.40. The van der Waals surface area contributed by atoms with Crippen LogP contribution in [0.25, 0.3) is 0 Å². The molecule has 0 bridgehead atoms. The van der Waals surface area contributed by atoms with Gasteiger partial charge in [0.1, 0.15) is 6.54 Å². The van der Waals surface area contributed by atoms with Crippen LogP contribution >= 0.6 is 0 Å². The van der Waals surface area contributed by atoms with Crippen LogP contribution in [-0.2, 0) is 0 Å². The molecule has 1 saturated heterocycles. The van der Waals surface area contributed by atoms with E-state index in [4.69, 9.17) is 5.11 Å². The van der Waals surface area contributed by atoms with Gasteiger partial charge < -0.3 is 5.11 Å². The van der Waals surface area contributed by atoms with Crippen molar-refractivity contribution in [2.75, 3.05) is 19.8 Å². The summed E-state index contributed by atoms with van der Waals surface area (Å²) < 4.78 is 0.108. The van der Waals surface area contributed by atoms with Crippen LogP contribution in [0.4, 0.5) is 9.59 Å². The fourth-order valence-corrected chi connectivity index (χ4v) is 0.821. The maximum Gasteiger partial charge on any atom is 0.542 e. The van der Waals surface area contributed by atoms with Crippen molar-refractivity contribution in [2.45, 2.75) is 0 Å². The first-order chi connectivity index (χ1) is 5.66. The number of β-amino-alcohol motifs (C(OH)–C–C–N with tert-alkyl or cyclic N) is 1. The number of nitrogens with zero attached hydrogens (tertiary/aromatic N) is 2. The number of amides is 4. The van der Waals surface area contributed by atoms with Crippen molar-refractivity contribution in [2.24, 2.45) is 0 Å². The Hall–Kier alpha value is -1.50. The number of carbonyl (C=O) groups is 2. The molecule has 1 aliphatic heterocycles. The Kier molecular flexibility index (Phi) is 2.34. The highest BCUT2D eigenvalue weighted by atomic mass is 16.3. The van der Waals surface area contributed by atoms with E-state index >= 15 is 0 Å². The van der Waals surface area contributed by atoms with Crippen LogP contribution in [0.15, 0.2) is 0 Å². The number of nitrogens with one attached hydrogen (secondary N) is 1. The molecule has 0 aromatic carbocycles. The Labute approximate surface area is 67.5 Å². The first-order valence-corrected chi connectivity index (χ1v) is 3.31. The zero-order valence-electron chi connectivity index (χ0n) is 6.19. The van der Waals surface area contributed by atoms with E-state index in [9.17, 15) is 14.5 Å². The third kappa shape index (κ3) is 1.40. The van der Waals surface area contributed by atoms with Crippen LogP contribution in [0.1, 0.15) is 0 Å². The van der Waals surface area contributed by atoms with E-state index in [1.165, 1.54) is 0 Å². The predicted octanol–water partition coefficient (Wildman–Crippen LogP) is -1.14. The summed E-state index contributed by atoms with van der Waals surface area (Å²) in [6.45, 7) is -0.851. The molecule has 2 N–H and O–H groups in total. The minimum absolute atomic E-state index is 0.108. The average molecular weight is 174 g/mol. The van der Waals surface area contributed by atoms with E-state index in [2.05, 4.69) is 5.32 Å². The highest BCUT2D eigenvalue weighted by molar-refractivity contribution is 5.91. The molecule has 12 heavy (non-hydrogen) atoms. The predicted molar refractivity (Wildman–Crippen MR) is 36.2 cm³/mol. The Morgan fingerprint density at radius 2 is 2.25 bits per heavy atom. The Morgan fingerprint density at radius 1 is 1.58 bits per heavy atom. The lowest BCUT2D eigenvalue weighted by atomic mass is 10.5. The fourth-order valence-electron chi connectivity index (χ4n) is 0.821. The van der Waals surface area contributed by atoms with Crippen molar-refractivity contribution >= 4 is 12.1 Å². The van der Waals surface area contributed by atoms with Crippen LogP contribution in [-0.4, -0.2) is 46.6 Å². The van der Waals surface area contributed by atoms with E-state index < -0.39 is 12.1 Å². The Morgan fingerprint density at radius 3 is 2.83 bits per heavy atom. The summed E-state index contributed by atoms with van der Waals surface area (Å²) >= 11 is 0. The second-order valence-corrected chi connectivity index (χ2v) is 2.18. The largest absolute Gasteiger partial charge is 0.542 e. The number of aliphatic hydroxyl groups excluding tert-OH is 1. The van der Waals surface area contributed by atoms with Gasteiger partial charge in [0.05, 0.1) is 6.61 Å². The first-order valence-electron chi connectivity index (χ1n) is 3.31. The van der Waals surface area contributed by atoms with Gasteiger partial charge in [-0.05, 0) is 0 Å². The van der Waals surface area contributed by atoms with Gasteiger partial charge in [-0.3, -0.25) is 5.32 Å². The van der Waals surface area contributed by atoms with Crippen molar-refractivity contribution in [1.82, 2.24) is 10.2 Å². The zero-order valence-corrected chi connectivity index (χ0v) is 6.19. The van der Waals surface area contributed by atoms with E-state index in [0.29, 0.717) is 4.90 Å². The van der Waals surface area contributed by atoms with Gasteiger partial charge >= 0.3 is 12.1 Å². The lowest BCUT2D eigenvalue weighted by Gasteiger charge is -2.15. The van der Waals surface area contributed by atoms with Crippen LogP contribution in [0.3, 0.4) is 0 Å². The minimum atomic E-state index is -0.937. The summed E-state index contributed by atoms with van der Waals surface area (Å²) in [4.78, 5) is 33.1. The summed E-state index contributed by atoms with van der Waals surface area (Å²) in [5.41, 5.74) is 0. The van der Waals surface area contributed by atoms with Crippen LogP contribution in [0.2, 0.25) is 0 Å². The summed E-state index contributed by atoms with van der Waals surface area (Å²) in [5, 5.41) is 10.6. The molecule has 1 rings (SSSR count). The van der Waals surface area contributed by atoms with Gasteiger partial charge in [0.2, 0.25) is 6.67 Å². The van der Waals surface area contributed by atoms with Crippen LogP contribution < -0.4 is 5.32 Å². The van der Waals surface area contributed by atoms with Crippen molar-refractivity contribution in [3.05, 3.63) is 4.91 Å². The second kappa shape index (κ2) is 3.26. The first kappa shape index (κ1) is 8.60. The monoisotopic (exact) mass is 174 g/mol. The third-order valence-electron chi connectivity index (χ3n) is 1.39. The van der Waals surface area contributed by atoms with Crippen molar-refractivity contribution < 1.29 is 19.5 Å². The Balaban J connectivity index is 2.72. The minimum Gasteiger partial charge on any atom is -0.392 e. The van der Waals surface area contributed by atoms with Crippen LogP contribution in [0, 0.1) is 4.91 Å². The van der Waals surface area contributed by atoms with Gasteiger partial charge in [-0.25, -0.2) is 4.79 Å². The Bertz CT molecular complexity index is 239. The van der Waals surface area contributed by atoms with Crippen molar-refractivity contribution in [3.63, 3.8) is 0 Å². The molecule has 7 nitrogen and oxygen atoms in total. The van der Waals surface area contributed by atoms with Gasteiger partial charge in [0.15, 0.2) is 0 Å². The molecule has 0 aliphatic carbocycles. The van der Waals surface area contributed by atoms with E-state index in [0.717, 1.165) is 0 Å². The maximum absolute atomic E-state index is 10.9. The molecule has 0 aromatic heterocycles. The second-order valence-electron chi connectivity index (χ2n) is 2.18. The van der Waals surface area contributed by atoms with E-state index in [1.807, 2.05) is 0 Å². The zero-order chi connectivity index (χ0) is 9.14. The molecular formula is C5H8N3O4+. The number of carbonyl (C=O) groups excluding carboxylic acids is 2. The SMILES string of the molecule is O=C1NC[N+](=O)C(=O)N1CCO. The topological polar surface area (TPSA) is 89.7 Å². The number of rotatable bonds is 2. The molecule has 4 amide bonds. The third-order valence-corrected chi connectivity index (χ3v) is 1.39. The van der Waals surface area contributed by atoms with Gasteiger partial charge in [-0.2, -0.15) is 4.79 Å². The number of hydrogen-bond donors (Lipinski definition) is 2. The van der Waals surface area contributed by atoms with E-state index in [-0.39, 0.29) is 24.6 Å². The lowest BCUT2D eigenvalue weighted by molar-refractivity contribution is -0.466. The van der Waals surface area contributed by atoms with E-state index in [1.54, 1.807) is 0 Å². The van der Waals surface area contributed by atoms with Gasteiger partial charge in [-0.1, -0.05) is 4.91 Å². The standard InChI is InChI=1S/C5H7N3O4/c9-2-1-7-4(10)6-3-8(12)5(7)11/h9H,1-3H2/p+1. The van der Waals surface area contributed by atoms with Crippen molar-refractivity contribution in [1.29, 1.82) is 0 Å². The number of nitroso groups, excluding NO2 is 1. The molecule has 1 heterocycles. The number of aliphatic hydroxyl groups is 1. The van der Waals surface area contributed by atoms with Gasteiger partial charge in [0.25, 0.3) is 0 Å². The van der Waals surface area contributed by atoms with Crippen molar-refractivity contribution in [3.8, 4) is 0 Å². The molecule has 1 fully saturated rings. The maximum atomic E-state index is 10.9. The molecule has 7 heteroatoms. The quantitative estimate of drug-likeness (QED) is 0.518. The molecule has 1 aliphatic rings. The average Bonchev–Trinajstić information content (AvgIpc) is 2.06. The number of urea groups is 2. The molecule has 0 saturated carbocycles. The normalized spacial score (nSPS) is 18.1. The number of imide groups is 1. The fraction of sp³-hybridized carbons (Fsp3) is 0.600. The molecule has 0 unspecified atom stereocenters. The molecule has 0 spiro atoms. The summed E-state index contributed by atoms with van der Waals surface area (Å²) in [6, 6.07) is -1.59. The summed E-state index contributed by atoms with van der Waals surface area (Å²) in [5.74, 6) is 0. The molecule has 0 aromatic rings. The molecular weight excluding hydrogens is 166 g/mol. The summed E-state index contributed by atoms with van der Waals surface area (Å²) in [7, 11) is 0. The molecule has 66 valence electrons. The number of hydrogen-bond acceptors (Lipinski definition) is 4. The summed E-state index contributed by atoms with van der Waals surface area (Å²) in [6.07, 6.45) is 0. The van der Waals surface area contributed by atoms with Crippen LogP contribution in [0.5, 0.6) is 0 Å². The molecule has 0 atom stereocenters. The highest BCUT2D eigenvalue weighted by Crippen LogP contribution is 1.98. The molecule has 0 radical (unpaired) electrons. The van der Waals surface area contributed by atoms with Gasteiger partial charge in [0, 0.05) is 4.76 Å². The van der Waals surface area contributed by atoms with Gasteiger partial charge in [-0.15, -0.1) is 4.90 Å². The lowest BCUT2D eigenvalue weighted by Crippen LogP contribution is -2.55. The smallest absolute Gasteiger partial charge is 0.392 e.